The van der Waals surface area contributed by atoms with Gasteiger partial charge in [0.25, 0.3) is 0 Å². The van der Waals surface area contributed by atoms with Crippen LogP contribution in [-0.2, 0) is 11.2 Å². The van der Waals surface area contributed by atoms with Gasteiger partial charge in [-0.15, -0.1) is 0 Å². The highest BCUT2D eigenvalue weighted by atomic mass is 32.1. The van der Waals surface area contributed by atoms with Crippen LogP contribution in [-0.4, -0.2) is 32.0 Å². The van der Waals surface area contributed by atoms with Crippen LogP contribution in [0.15, 0.2) is 79.0 Å². The molecule has 5 rings (SSSR count). The van der Waals surface area contributed by atoms with Crippen molar-refractivity contribution in [2.45, 2.75) is 52.6 Å². The molecular formula is C32H35N5OS. The summed E-state index contributed by atoms with van der Waals surface area (Å²) in [6.07, 6.45) is 3.00. The molecule has 2 N–H and O–H groups in total. The van der Waals surface area contributed by atoms with Crippen LogP contribution in [0.4, 0.5) is 5.69 Å². The van der Waals surface area contributed by atoms with E-state index in [0.29, 0.717) is 18.1 Å². The molecular weight excluding hydrogens is 502 g/mol. The van der Waals surface area contributed by atoms with E-state index in [1.165, 1.54) is 11.1 Å². The van der Waals surface area contributed by atoms with Crippen LogP contribution in [0.1, 0.15) is 59.2 Å². The summed E-state index contributed by atoms with van der Waals surface area (Å²) in [5, 5.41) is 7.26. The lowest BCUT2D eigenvalue weighted by molar-refractivity contribution is -0.116. The second-order valence-corrected chi connectivity index (χ2v) is 10.5. The van der Waals surface area contributed by atoms with E-state index in [9.17, 15) is 4.79 Å². The lowest BCUT2D eigenvalue weighted by Crippen LogP contribution is -2.33. The van der Waals surface area contributed by atoms with Crippen LogP contribution < -0.4 is 10.6 Å². The Labute approximate surface area is 236 Å². The van der Waals surface area contributed by atoms with Gasteiger partial charge in [-0.1, -0.05) is 48.9 Å². The third-order valence-corrected chi connectivity index (χ3v) is 7.88. The average molecular weight is 538 g/mol. The maximum absolute atomic E-state index is 13.1. The van der Waals surface area contributed by atoms with E-state index < -0.39 is 0 Å². The van der Waals surface area contributed by atoms with Gasteiger partial charge in [0.1, 0.15) is 0 Å². The number of carbonyl (C=O) groups is 1. The second-order valence-electron chi connectivity index (χ2n) is 10.1. The highest BCUT2D eigenvalue weighted by Crippen LogP contribution is 2.41. The van der Waals surface area contributed by atoms with Gasteiger partial charge in [0.15, 0.2) is 5.11 Å². The maximum atomic E-state index is 13.1. The standard InChI is InChI=1S/C32H35N5OS/c1-5-24-10-6-7-11-27(24)34-29(38)17-19-36-31(30(35-32(36)39)28-12-8-9-18-33-28)26-20-22(3)37(23(26)4)25-15-13-21(2)14-16-25/h6-16,18,20,30-31H,5,17,19H2,1-4H3,(H,34,38)(H,35,39)/t30-,31-/m1/s1. The topological polar surface area (TPSA) is 62.2 Å². The molecule has 2 aromatic heterocycles. The summed E-state index contributed by atoms with van der Waals surface area (Å²) in [7, 11) is 0. The Morgan fingerprint density at radius 1 is 1.03 bits per heavy atom. The number of thiocarbonyl (C=S) groups is 1. The van der Waals surface area contributed by atoms with Crippen molar-refractivity contribution in [1.82, 2.24) is 19.8 Å². The first-order chi connectivity index (χ1) is 18.9. The molecule has 0 saturated carbocycles. The number of hydrogen-bond donors (Lipinski definition) is 2. The summed E-state index contributed by atoms with van der Waals surface area (Å²) in [6.45, 7) is 8.98. The number of amides is 1. The van der Waals surface area contributed by atoms with Gasteiger partial charge in [-0.05, 0) is 86.9 Å². The Kier molecular flexibility index (Phi) is 7.79. The Balaban J connectivity index is 1.46. The summed E-state index contributed by atoms with van der Waals surface area (Å²) < 4.78 is 2.29. The van der Waals surface area contributed by atoms with E-state index in [4.69, 9.17) is 12.2 Å². The highest BCUT2D eigenvalue weighted by molar-refractivity contribution is 7.80. The molecule has 0 spiro atoms. The van der Waals surface area contributed by atoms with Gasteiger partial charge in [0.2, 0.25) is 5.91 Å². The number of benzene rings is 2. The predicted molar refractivity (Wildman–Crippen MR) is 161 cm³/mol. The molecule has 2 atom stereocenters. The van der Waals surface area contributed by atoms with Crippen LogP contribution in [0.25, 0.3) is 5.69 Å². The second kappa shape index (κ2) is 11.4. The Bertz CT molecular complexity index is 1480. The summed E-state index contributed by atoms with van der Waals surface area (Å²) in [5.41, 5.74) is 8.76. The van der Waals surface area contributed by atoms with Crippen molar-refractivity contribution in [3.8, 4) is 5.69 Å². The first kappa shape index (κ1) is 26.6. The van der Waals surface area contributed by atoms with Crippen LogP contribution in [0.5, 0.6) is 0 Å². The Morgan fingerprint density at radius 2 is 1.77 bits per heavy atom. The first-order valence-corrected chi connectivity index (χ1v) is 13.9. The fourth-order valence-corrected chi connectivity index (χ4v) is 5.88. The van der Waals surface area contributed by atoms with E-state index in [1.807, 2.05) is 48.7 Å². The Morgan fingerprint density at radius 3 is 2.49 bits per heavy atom. The predicted octanol–water partition coefficient (Wildman–Crippen LogP) is 6.36. The van der Waals surface area contributed by atoms with Crippen molar-refractivity contribution in [3.63, 3.8) is 0 Å². The molecule has 200 valence electrons. The normalized spacial score (nSPS) is 16.8. The molecule has 4 aromatic rings. The van der Waals surface area contributed by atoms with E-state index in [2.05, 4.69) is 83.1 Å². The number of aromatic nitrogens is 2. The van der Waals surface area contributed by atoms with Gasteiger partial charge in [-0.3, -0.25) is 9.78 Å². The molecule has 2 aromatic carbocycles. The number of hydrogen-bond acceptors (Lipinski definition) is 3. The molecule has 39 heavy (non-hydrogen) atoms. The number of aryl methyl sites for hydroxylation is 3. The van der Waals surface area contributed by atoms with Gasteiger partial charge in [0, 0.05) is 41.9 Å². The molecule has 1 fully saturated rings. The summed E-state index contributed by atoms with van der Waals surface area (Å²) in [6, 6.07) is 24.5. The molecule has 1 saturated heterocycles. The highest BCUT2D eigenvalue weighted by Gasteiger charge is 2.41. The van der Waals surface area contributed by atoms with Crippen molar-refractivity contribution in [2.75, 3.05) is 11.9 Å². The molecule has 6 nitrogen and oxygen atoms in total. The van der Waals surface area contributed by atoms with Gasteiger partial charge in [-0.25, -0.2) is 0 Å². The lowest BCUT2D eigenvalue weighted by atomic mass is 9.96. The van der Waals surface area contributed by atoms with E-state index in [1.54, 1.807) is 0 Å². The SMILES string of the molecule is CCc1ccccc1NC(=O)CCN1C(=S)N[C@H](c2ccccn2)[C@H]1c1cc(C)n(-c2ccc(C)cc2)c1C. The maximum Gasteiger partial charge on any atom is 0.226 e. The van der Waals surface area contributed by atoms with Crippen LogP contribution in [0, 0.1) is 20.8 Å². The number of nitrogens with one attached hydrogen (secondary N) is 2. The van der Waals surface area contributed by atoms with Gasteiger partial charge in [-0.2, -0.15) is 0 Å². The molecule has 1 aliphatic rings. The zero-order valence-corrected chi connectivity index (χ0v) is 23.8. The molecule has 7 heteroatoms. The number of anilines is 1. The quantitative estimate of drug-likeness (QED) is 0.256. The molecule has 1 aliphatic heterocycles. The smallest absolute Gasteiger partial charge is 0.226 e. The van der Waals surface area contributed by atoms with Crippen LogP contribution in [0.2, 0.25) is 0 Å². The number of carbonyl (C=O) groups excluding carboxylic acids is 1. The average Bonchev–Trinajstić information content (AvgIpc) is 3.43. The monoisotopic (exact) mass is 537 g/mol. The van der Waals surface area contributed by atoms with Crippen molar-refractivity contribution in [1.29, 1.82) is 0 Å². The van der Waals surface area contributed by atoms with Crippen molar-refractivity contribution in [2.24, 2.45) is 0 Å². The molecule has 0 aliphatic carbocycles. The largest absolute Gasteiger partial charge is 0.352 e. The summed E-state index contributed by atoms with van der Waals surface area (Å²) in [4.78, 5) is 19.9. The Hall–Kier alpha value is -3.97. The van der Waals surface area contributed by atoms with Gasteiger partial charge in [0.05, 0.1) is 17.8 Å². The minimum Gasteiger partial charge on any atom is -0.352 e. The first-order valence-electron chi connectivity index (χ1n) is 13.5. The van der Waals surface area contributed by atoms with Crippen LogP contribution in [0.3, 0.4) is 0 Å². The fourth-order valence-electron chi connectivity index (χ4n) is 5.55. The summed E-state index contributed by atoms with van der Waals surface area (Å²) >= 11 is 5.86. The molecule has 0 unspecified atom stereocenters. The molecule has 1 amide bonds. The third-order valence-electron chi connectivity index (χ3n) is 7.53. The van der Waals surface area contributed by atoms with Crippen molar-refractivity contribution >= 4 is 28.9 Å². The van der Waals surface area contributed by atoms with Crippen molar-refractivity contribution in [3.05, 3.63) is 113 Å². The number of nitrogens with zero attached hydrogens (tertiary/aromatic N) is 3. The van der Waals surface area contributed by atoms with Crippen molar-refractivity contribution < 1.29 is 4.79 Å². The zero-order valence-electron chi connectivity index (χ0n) is 22.9. The van der Waals surface area contributed by atoms with E-state index in [0.717, 1.165) is 40.4 Å². The van der Waals surface area contributed by atoms with E-state index in [-0.39, 0.29) is 18.0 Å². The summed E-state index contributed by atoms with van der Waals surface area (Å²) in [5.74, 6) is -0.0242. The number of pyridine rings is 1. The molecule has 3 heterocycles. The molecule has 0 radical (unpaired) electrons. The third kappa shape index (κ3) is 5.45. The van der Waals surface area contributed by atoms with Gasteiger partial charge < -0.3 is 20.1 Å². The van der Waals surface area contributed by atoms with E-state index >= 15 is 0 Å². The lowest BCUT2D eigenvalue weighted by Gasteiger charge is -2.28. The minimum atomic E-state index is -0.130. The van der Waals surface area contributed by atoms with Gasteiger partial charge >= 0.3 is 0 Å². The minimum absolute atomic E-state index is 0.0242. The number of rotatable bonds is 8. The van der Waals surface area contributed by atoms with Crippen LogP contribution >= 0.6 is 12.2 Å². The zero-order chi connectivity index (χ0) is 27.5. The fraction of sp³-hybridized carbons (Fsp3) is 0.281. The molecule has 0 bridgehead atoms. The number of para-hydroxylation sites is 1.